The Morgan fingerprint density at radius 2 is 2.25 bits per heavy atom. The lowest BCUT2D eigenvalue weighted by molar-refractivity contribution is 0.0406. The standard InChI is InChI=1S/C15H19ClN2OS/c1-10(17)15(12-4-3-5-13(16)8-12)19-7-6-14-11(2)18-9-20-14/h3-5,8-10,15H,6-7,17H2,1-2H3. The van der Waals surface area contributed by atoms with Crippen LogP contribution in [0, 0.1) is 6.92 Å². The van der Waals surface area contributed by atoms with E-state index < -0.39 is 0 Å². The van der Waals surface area contributed by atoms with Crippen LogP contribution in [0.15, 0.2) is 29.8 Å². The van der Waals surface area contributed by atoms with E-state index >= 15 is 0 Å². The highest BCUT2D eigenvalue weighted by atomic mass is 35.5. The number of aryl methyl sites for hydroxylation is 1. The van der Waals surface area contributed by atoms with E-state index in [0.717, 1.165) is 17.7 Å². The molecule has 0 radical (unpaired) electrons. The van der Waals surface area contributed by atoms with E-state index in [0.29, 0.717) is 11.6 Å². The minimum absolute atomic E-state index is 0.0870. The fourth-order valence-electron chi connectivity index (χ4n) is 2.08. The summed E-state index contributed by atoms with van der Waals surface area (Å²) in [6.07, 6.45) is 0.724. The SMILES string of the molecule is Cc1ncsc1CCOC(c1cccc(Cl)c1)C(C)N. The predicted octanol–water partition coefficient (Wildman–Crippen LogP) is 3.75. The van der Waals surface area contributed by atoms with Gasteiger partial charge in [-0.15, -0.1) is 11.3 Å². The first-order valence-corrected chi connectivity index (χ1v) is 7.85. The summed E-state index contributed by atoms with van der Waals surface area (Å²) in [5.74, 6) is 0. The van der Waals surface area contributed by atoms with Gasteiger partial charge in [0.25, 0.3) is 0 Å². The molecule has 2 unspecified atom stereocenters. The molecule has 0 spiro atoms. The summed E-state index contributed by atoms with van der Waals surface area (Å²) in [7, 11) is 0. The molecule has 0 aliphatic carbocycles. The number of halogens is 1. The Kier molecular flexibility index (Phi) is 5.54. The van der Waals surface area contributed by atoms with Gasteiger partial charge in [0.1, 0.15) is 0 Å². The van der Waals surface area contributed by atoms with Gasteiger partial charge >= 0.3 is 0 Å². The molecule has 3 nitrogen and oxygen atoms in total. The number of thiazole rings is 1. The quantitative estimate of drug-likeness (QED) is 0.884. The molecule has 0 fully saturated rings. The molecule has 0 bridgehead atoms. The first-order chi connectivity index (χ1) is 9.58. The Morgan fingerprint density at radius 1 is 1.45 bits per heavy atom. The van der Waals surface area contributed by atoms with E-state index in [4.69, 9.17) is 22.1 Å². The molecule has 0 saturated carbocycles. The molecule has 2 N–H and O–H groups in total. The number of hydrogen-bond acceptors (Lipinski definition) is 4. The van der Waals surface area contributed by atoms with Crippen molar-refractivity contribution in [1.29, 1.82) is 0 Å². The van der Waals surface area contributed by atoms with Crippen LogP contribution in [0.5, 0.6) is 0 Å². The zero-order valence-electron chi connectivity index (χ0n) is 11.7. The van der Waals surface area contributed by atoms with E-state index in [2.05, 4.69) is 4.98 Å². The molecule has 1 aromatic heterocycles. The number of rotatable bonds is 6. The molecule has 2 rings (SSSR count). The van der Waals surface area contributed by atoms with E-state index in [-0.39, 0.29) is 12.1 Å². The van der Waals surface area contributed by atoms with E-state index in [9.17, 15) is 0 Å². The number of benzene rings is 1. The molecule has 108 valence electrons. The molecule has 0 aliphatic heterocycles. The smallest absolute Gasteiger partial charge is 0.0973 e. The minimum Gasteiger partial charge on any atom is -0.372 e. The monoisotopic (exact) mass is 310 g/mol. The summed E-state index contributed by atoms with van der Waals surface area (Å²) in [6.45, 7) is 4.59. The highest BCUT2D eigenvalue weighted by Gasteiger charge is 2.17. The van der Waals surface area contributed by atoms with Crippen LogP contribution < -0.4 is 5.73 Å². The first kappa shape index (κ1) is 15.4. The van der Waals surface area contributed by atoms with Crippen molar-refractivity contribution in [2.75, 3.05) is 6.61 Å². The zero-order chi connectivity index (χ0) is 14.5. The molecule has 20 heavy (non-hydrogen) atoms. The molecule has 1 heterocycles. The molecule has 1 aromatic carbocycles. The highest BCUT2D eigenvalue weighted by molar-refractivity contribution is 7.09. The van der Waals surface area contributed by atoms with E-state index in [1.165, 1.54) is 4.88 Å². The van der Waals surface area contributed by atoms with Crippen LogP contribution in [0.3, 0.4) is 0 Å². The van der Waals surface area contributed by atoms with Crippen LogP contribution in [-0.2, 0) is 11.2 Å². The van der Waals surface area contributed by atoms with Crippen LogP contribution in [0.1, 0.15) is 29.2 Å². The molecule has 5 heteroatoms. The number of hydrogen-bond donors (Lipinski definition) is 1. The normalized spacial score (nSPS) is 14.2. The average Bonchev–Trinajstić information content (AvgIpc) is 2.80. The van der Waals surface area contributed by atoms with Crippen LogP contribution >= 0.6 is 22.9 Å². The van der Waals surface area contributed by atoms with Crippen molar-refractivity contribution < 1.29 is 4.74 Å². The fourth-order valence-corrected chi connectivity index (χ4v) is 3.04. The maximum atomic E-state index is 6.03. The van der Waals surface area contributed by atoms with Crippen molar-refractivity contribution in [2.45, 2.75) is 32.4 Å². The largest absolute Gasteiger partial charge is 0.372 e. The predicted molar refractivity (Wildman–Crippen MR) is 84.3 cm³/mol. The Bertz CT molecular complexity index is 556. The van der Waals surface area contributed by atoms with Crippen LogP contribution in [-0.4, -0.2) is 17.6 Å². The number of aromatic nitrogens is 1. The fraction of sp³-hybridized carbons (Fsp3) is 0.400. The third kappa shape index (κ3) is 4.03. The van der Waals surface area contributed by atoms with Crippen molar-refractivity contribution in [1.82, 2.24) is 4.98 Å². The van der Waals surface area contributed by atoms with Gasteiger partial charge in [-0.3, -0.25) is 0 Å². The third-order valence-electron chi connectivity index (χ3n) is 3.13. The Morgan fingerprint density at radius 3 is 2.85 bits per heavy atom. The van der Waals surface area contributed by atoms with Crippen molar-refractivity contribution in [2.24, 2.45) is 5.73 Å². The third-order valence-corrected chi connectivity index (χ3v) is 4.36. The summed E-state index contributed by atoms with van der Waals surface area (Å²) in [6, 6.07) is 7.59. The van der Waals surface area contributed by atoms with E-state index in [1.807, 2.05) is 43.6 Å². The average molecular weight is 311 g/mol. The Labute approximate surface area is 128 Å². The van der Waals surface area contributed by atoms with Crippen LogP contribution in [0.2, 0.25) is 5.02 Å². The van der Waals surface area contributed by atoms with Gasteiger partial charge in [0, 0.05) is 22.4 Å². The van der Waals surface area contributed by atoms with Crippen molar-refractivity contribution in [3.05, 3.63) is 50.9 Å². The Balaban J connectivity index is 1.98. The zero-order valence-corrected chi connectivity index (χ0v) is 13.2. The summed E-state index contributed by atoms with van der Waals surface area (Å²) >= 11 is 7.69. The lowest BCUT2D eigenvalue weighted by atomic mass is 10.0. The second-order valence-electron chi connectivity index (χ2n) is 4.82. The topological polar surface area (TPSA) is 48.1 Å². The van der Waals surface area contributed by atoms with E-state index in [1.54, 1.807) is 11.3 Å². The van der Waals surface area contributed by atoms with Gasteiger partial charge in [-0.05, 0) is 31.5 Å². The molecular weight excluding hydrogens is 292 g/mol. The van der Waals surface area contributed by atoms with Gasteiger partial charge in [0.15, 0.2) is 0 Å². The molecular formula is C15H19ClN2OS. The number of nitrogens with two attached hydrogens (primary N) is 1. The second kappa shape index (κ2) is 7.18. The first-order valence-electron chi connectivity index (χ1n) is 6.59. The lowest BCUT2D eigenvalue weighted by Crippen LogP contribution is -2.27. The summed E-state index contributed by atoms with van der Waals surface area (Å²) in [5, 5.41) is 0.704. The van der Waals surface area contributed by atoms with Crippen LogP contribution in [0.25, 0.3) is 0 Å². The molecule has 0 aliphatic rings. The van der Waals surface area contributed by atoms with Gasteiger partial charge in [-0.25, -0.2) is 4.98 Å². The van der Waals surface area contributed by atoms with Crippen molar-refractivity contribution >= 4 is 22.9 Å². The molecule has 0 saturated heterocycles. The van der Waals surface area contributed by atoms with Gasteiger partial charge < -0.3 is 10.5 Å². The summed E-state index contributed by atoms with van der Waals surface area (Å²) in [4.78, 5) is 5.50. The van der Waals surface area contributed by atoms with Gasteiger partial charge in [-0.2, -0.15) is 0 Å². The lowest BCUT2D eigenvalue weighted by Gasteiger charge is -2.22. The number of ether oxygens (including phenoxy) is 1. The summed E-state index contributed by atoms with van der Waals surface area (Å²) < 4.78 is 5.97. The van der Waals surface area contributed by atoms with Gasteiger partial charge in [0.05, 0.1) is 23.9 Å². The molecule has 0 amide bonds. The molecule has 2 aromatic rings. The van der Waals surface area contributed by atoms with Gasteiger partial charge in [-0.1, -0.05) is 23.7 Å². The van der Waals surface area contributed by atoms with Gasteiger partial charge in [0.2, 0.25) is 0 Å². The second-order valence-corrected chi connectivity index (χ2v) is 6.19. The van der Waals surface area contributed by atoms with Crippen molar-refractivity contribution in [3.8, 4) is 0 Å². The minimum atomic E-state index is -0.137. The maximum Gasteiger partial charge on any atom is 0.0973 e. The maximum absolute atomic E-state index is 6.03. The molecule has 2 atom stereocenters. The summed E-state index contributed by atoms with van der Waals surface area (Å²) in [5.41, 5.74) is 10.00. The number of nitrogens with zero attached hydrogens (tertiary/aromatic N) is 1. The highest BCUT2D eigenvalue weighted by Crippen LogP contribution is 2.24. The van der Waals surface area contributed by atoms with Crippen molar-refractivity contribution in [3.63, 3.8) is 0 Å². The van der Waals surface area contributed by atoms with Crippen LogP contribution in [0.4, 0.5) is 0 Å². The Hall–Kier alpha value is -0.940.